The fraction of sp³-hybridized carbons (Fsp3) is 0.643. The fourth-order valence-electron chi connectivity index (χ4n) is 2.89. The molecule has 1 aromatic heterocycles. The second-order valence-corrected chi connectivity index (χ2v) is 6.50. The molecule has 2 amide bonds. The van der Waals surface area contributed by atoms with Crippen molar-refractivity contribution in [2.75, 3.05) is 5.32 Å². The second-order valence-electron chi connectivity index (χ2n) is 5.50. The van der Waals surface area contributed by atoms with Gasteiger partial charge >= 0.3 is 6.03 Å². The number of fused-ring (bicyclic) bond motifs is 1. The summed E-state index contributed by atoms with van der Waals surface area (Å²) < 4.78 is 0. The molecule has 3 rings (SSSR count). The van der Waals surface area contributed by atoms with Crippen LogP contribution in [-0.2, 0) is 6.42 Å². The molecule has 6 heteroatoms. The number of aryl methyl sites for hydroxylation is 1. The van der Waals surface area contributed by atoms with Crippen molar-refractivity contribution in [3.63, 3.8) is 0 Å². The number of nitrogens with zero attached hydrogens (tertiary/aromatic N) is 1. The molecule has 0 aromatic carbocycles. The quantitative estimate of drug-likeness (QED) is 0.880. The van der Waals surface area contributed by atoms with Crippen LogP contribution in [0.3, 0.4) is 0 Å². The molecule has 2 aliphatic rings. The van der Waals surface area contributed by atoms with E-state index in [9.17, 15) is 9.59 Å². The largest absolute Gasteiger partial charge is 0.335 e. The van der Waals surface area contributed by atoms with Gasteiger partial charge in [-0.1, -0.05) is 30.6 Å². The molecule has 0 spiro atoms. The maximum Gasteiger partial charge on any atom is 0.321 e. The lowest BCUT2D eigenvalue weighted by atomic mass is 9.96. The van der Waals surface area contributed by atoms with E-state index >= 15 is 0 Å². The van der Waals surface area contributed by atoms with Gasteiger partial charge in [0.2, 0.25) is 0 Å². The van der Waals surface area contributed by atoms with Gasteiger partial charge in [0.1, 0.15) is 0 Å². The Morgan fingerprint density at radius 2 is 1.95 bits per heavy atom. The Bertz CT molecular complexity index is 520. The molecule has 0 radical (unpaired) electrons. The number of nitrogens with one attached hydrogen (secondary N) is 2. The van der Waals surface area contributed by atoms with Gasteiger partial charge in [-0.25, -0.2) is 9.78 Å². The lowest BCUT2D eigenvalue weighted by Gasteiger charge is -2.22. The molecule has 0 atom stereocenters. The summed E-state index contributed by atoms with van der Waals surface area (Å²) in [7, 11) is 0. The Hall–Kier alpha value is -1.43. The van der Waals surface area contributed by atoms with Crippen LogP contribution in [0.15, 0.2) is 0 Å². The van der Waals surface area contributed by atoms with Gasteiger partial charge in [-0.3, -0.25) is 10.1 Å². The number of thiazole rings is 1. The van der Waals surface area contributed by atoms with Crippen molar-refractivity contribution in [3.05, 3.63) is 10.6 Å². The molecule has 0 bridgehead atoms. The topological polar surface area (TPSA) is 71.1 Å². The van der Waals surface area contributed by atoms with Gasteiger partial charge in [-0.05, 0) is 25.7 Å². The normalized spacial score (nSPS) is 19.5. The lowest BCUT2D eigenvalue weighted by molar-refractivity contribution is 0.0976. The van der Waals surface area contributed by atoms with E-state index in [4.69, 9.17) is 0 Å². The summed E-state index contributed by atoms with van der Waals surface area (Å²) in [4.78, 5) is 28.8. The highest BCUT2D eigenvalue weighted by atomic mass is 32.1. The Labute approximate surface area is 122 Å². The molecule has 20 heavy (non-hydrogen) atoms. The number of Topliss-reactive ketones (excluding diaryl/α,β-unsaturated/α-hetero) is 1. The summed E-state index contributed by atoms with van der Waals surface area (Å²) in [5.41, 5.74) is 0.846. The van der Waals surface area contributed by atoms with Crippen LogP contribution in [0.4, 0.5) is 9.93 Å². The maximum atomic E-state index is 11.9. The Morgan fingerprint density at radius 1 is 1.15 bits per heavy atom. The predicted octanol–water partition coefficient (Wildman–Crippen LogP) is 3.12. The molecule has 1 heterocycles. The van der Waals surface area contributed by atoms with Crippen LogP contribution in [0.2, 0.25) is 0 Å². The summed E-state index contributed by atoms with van der Waals surface area (Å²) in [6, 6.07) is 0.0791. The molecule has 1 aromatic rings. The third-order valence-corrected chi connectivity index (χ3v) is 4.98. The van der Waals surface area contributed by atoms with Gasteiger partial charge in [0.05, 0.1) is 10.6 Å². The molecule has 0 aliphatic heterocycles. The van der Waals surface area contributed by atoms with E-state index in [2.05, 4.69) is 15.6 Å². The van der Waals surface area contributed by atoms with Crippen molar-refractivity contribution in [3.8, 4) is 0 Å². The van der Waals surface area contributed by atoms with E-state index in [1.54, 1.807) is 0 Å². The minimum Gasteiger partial charge on any atom is -0.335 e. The summed E-state index contributed by atoms with van der Waals surface area (Å²) in [6.07, 6.45) is 8.05. The van der Waals surface area contributed by atoms with Crippen LogP contribution in [-0.4, -0.2) is 22.8 Å². The Kier molecular flexibility index (Phi) is 4.00. The number of hydrogen-bond acceptors (Lipinski definition) is 4. The third kappa shape index (κ3) is 3.00. The molecular weight excluding hydrogens is 274 g/mol. The maximum absolute atomic E-state index is 11.9. The number of amides is 2. The molecule has 5 nitrogen and oxygen atoms in total. The van der Waals surface area contributed by atoms with Crippen LogP contribution in [0.25, 0.3) is 0 Å². The first kappa shape index (κ1) is 13.5. The molecule has 2 N–H and O–H groups in total. The molecule has 2 aliphatic carbocycles. The van der Waals surface area contributed by atoms with E-state index in [0.29, 0.717) is 11.6 Å². The van der Waals surface area contributed by atoms with Crippen LogP contribution in [0.5, 0.6) is 0 Å². The van der Waals surface area contributed by atoms with Gasteiger partial charge in [0.25, 0.3) is 0 Å². The number of carbonyl (C=O) groups is 2. The zero-order chi connectivity index (χ0) is 13.9. The number of hydrogen-bond donors (Lipinski definition) is 2. The zero-order valence-corrected chi connectivity index (χ0v) is 12.2. The number of urea groups is 1. The molecule has 0 unspecified atom stereocenters. The van der Waals surface area contributed by atoms with Crippen molar-refractivity contribution >= 4 is 28.3 Å². The van der Waals surface area contributed by atoms with Gasteiger partial charge in [0.15, 0.2) is 10.9 Å². The smallest absolute Gasteiger partial charge is 0.321 e. The number of carbonyl (C=O) groups excluding carboxylic acids is 2. The summed E-state index contributed by atoms with van der Waals surface area (Å²) in [6.45, 7) is 0. The monoisotopic (exact) mass is 293 g/mol. The Balaban J connectivity index is 1.60. The second kappa shape index (κ2) is 5.91. The highest BCUT2D eigenvalue weighted by molar-refractivity contribution is 7.17. The van der Waals surface area contributed by atoms with Crippen LogP contribution in [0, 0.1) is 0 Å². The number of anilines is 1. The average Bonchev–Trinajstić information content (AvgIpc) is 2.83. The average molecular weight is 293 g/mol. The fourth-order valence-corrected chi connectivity index (χ4v) is 3.86. The van der Waals surface area contributed by atoms with Crippen molar-refractivity contribution in [2.45, 2.75) is 57.4 Å². The molecule has 1 fully saturated rings. The zero-order valence-electron chi connectivity index (χ0n) is 11.4. The SMILES string of the molecule is O=C(Nc1nc2c(s1)C(=O)CCC2)NC1CCCCC1. The third-order valence-electron chi connectivity index (χ3n) is 3.93. The van der Waals surface area contributed by atoms with Crippen LogP contribution >= 0.6 is 11.3 Å². The molecular formula is C14H19N3O2S. The van der Waals surface area contributed by atoms with Crippen molar-refractivity contribution in [2.24, 2.45) is 0 Å². The van der Waals surface area contributed by atoms with E-state index < -0.39 is 0 Å². The number of rotatable bonds is 2. The molecule has 0 saturated heterocycles. The first-order valence-corrected chi connectivity index (χ1v) is 8.14. The molecule has 108 valence electrons. The summed E-state index contributed by atoms with van der Waals surface area (Å²) >= 11 is 1.30. The van der Waals surface area contributed by atoms with E-state index in [0.717, 1.165) is 36.3 Å². The molecule has 1 saturated carbocycles. The first-order chi connectivity index (χ1) is 9.72. The van der Waals surface area contributed by atoms with Crippen LogP contribution in [0.1, 0.15) is 60.3 Å². The van der Waals surface area contributed by atoms with Gasteiger partial charge in [-0.15, -0.1) is 0 Å². The van der Waals surface area contributed by atoms with Crippen molar-refractivity contribution in [1.29, 1.82) is 0 Å². The standard InChI is InChI=1S/C14H19N3O2S/c18-11-8-4-7-10-12(11)20-14(16-10)17-13(19)15-9-5-2-1-3-6-9/h9H,1-8H2,(H2,15,16,17,19). The number of aromatic nitrogens is 1. The Morgan fingerprint density at radius 3 is 2.70 bits per heavy atom. The predicted molar refractivity (Wildman–Crippen MR) is 78.4 cm³/mol. The van der Waals surface area contributed by atoms with E-state index in [1.807, 2.05) is 0 Å². The lowest BCUT2D eigenvalue weighted by Crippen LogP contribution is -2.38. The highest BCUT2D eigenvalue weighted by Crippen LogP contribution is 2.29. The van der Waals surface area contributed by atoms with E-state index in [1.165, 1.54) is 30.6 Å². The highest BCUT2D eigenvalue weighted by Gasteiger charge is 2.23. The van der Waals surface area contributed by atoms with Gasteiger partial charge in [-0.2, -0.15) is 0 Å². The minimum atomic E-state index is -0.199. The first-order valence-electron chi connectivity index (χ1n) is 7.33. The van der Waals surface area contributed by atoms with Crippen LogP contribution < -0.4 is 10.6 Å². The minimum absolute atomic E-state index is 0.157. The summed E-state index contributed by atoms with van der Waals surface area (Å²) in [5, 5.41) is 6.30. The van der Waals surface area contributed by atoms with Gasteiger partial charge < -0.3 is 5.32 Å². The van der Waals surface area contributed by atoms with E-state index in [-0.39, 0.29) is 17.9 Å². The van der Waals surface area contributed by atoms with Crippen molar-refractivity contribution in [1.82, 2.24) is 10.3 Å². The van der Waals surface area contributed by atoms with Crippen molar-refractivity contribution < 1.29 is 9.59 Å². The van der Waals surface area contributed by atoms with Gasteiger partial charge in [0, 0.05) is 12.5 Å². The summed E-state index contributed by atoms with van der Waals surface area (Å²) in [5.74, 6) is 0.157. The number of ketones is 1.